The van der Waals surface area contributed by atoms with E-state index in [2.05, 4.69) is 28.4 Å². The van der Waals surface area contributed by atoms with Crippen LogP contribution in [0.1, 0.15) is 18.4 Å². The molecule has 1 atom stereocenters. The molecule has 0 bridgehead atoms. The number of fused-ring (bicyclic) bond motifs is 1. The lowest BCUT2D eigenvalue weighted by molar-refractivity contribution is -0.124. The van der Waals surface area contributed by atoms with Gasteiger partial charge in [0.25, 0.3) is 0 Å². The maximum atomic E-state index is 12.0. The van der Waals surface area contributed by atoms with E-state index in [1.807, 2.05) is 38.4 Å². The van der Waals surface area contributed by atoms with Gasteiger partial charge in [-0.15, -0.1) is 0 Å². The number of hydrogen-bond acceptors (Lipinski definition) is 3. The molecule has 2 aromatic carbocycles. The first-order valence-corrected chi connectivity index (χ1v) is 8.43. The Labute approximate surface area is 143 Å². The fraction of sp³-hybridized carbons (Fsp3) is 0.400. The molecule has 0 aromatic heterocycles. The van der Waals surface area contributed by atoms with Gasteiger partial charge in [-0.25, -0.2) is 0 Å². The Hall–Kier alpha value is -2.20. The van der Waals surface area contributed by atoms with Gasteiger partial charge in [-0.3, -0.25) is 4.79 Å². The minimum Gasteiger partial charge on any atom is -0.356 e. The predicted molar refractivity (Wildman–Crippen MR) is 98.0 cm³/mol. The van der Waals surface area contributed by atoms with E-state index in [-0.39, 0.29) is 18.2 Å². The lowest BCUT2D eigenvalue weighted by Crippen LogP contribution is -2.29. The van der Waals surface area contributed by atoms with Crippen LogP contribution in [0.4, 0.5) is 0 Å². The summed E-state index contributed by atoms with van der Waals surface area (Å²) in [5.74, 6) is -0.337. The van der Waals surface area contributed by atoms with E-state index in [4.69, 9.17) is 0 Å². The normalized spacial score (nSPS) is 12.3. The summed E-state index contributed by atoms with van der Waals surface area (Å²) >= 11 is 0. The first-order chi connectivity index (χ1) is 11.6. The van der Waals surface area contributed by atoms with Gasteiger partial charge in [0.05, 0.1) is 0 Å². The first-order valence-electron chi connectivity index (χ1n) is 8.43. The molecule has 0 aliphatic rings. The van der Waals surface area contributed by atoms with E-state index in [9.17, 15) is 9.59 Å². The van der Waals surface area contributed by atoms with Crippen molar-refractivity contribution >= 4 is 23.0 Å². The average Bonchev–Trinajstić information content (AvgIpc) is 2.58. The van der Waals surface area contributed by atoms with E-state index in [1.54, 1.807) is 0 Å². The fourth-order valence-corrected chi connectivity index (χ4v) is 2.85. The molecule has 0 fully saturated rings. The molecule has 0 saturated carbocycles. The van der Waals surface area contributed by atoms with E-state index < -0.39 is 0 Å². The molecule has 1 N–H and O–H groups in total. The van der Waals surface area contributed by atoms with E-state index in [0.29, 0.717) is 13.0 Å². The highest BCUT2D eigenvalue weighted by molar-refractivity contribution is 5.86. The molecule has 2 rings (SSSR count). The van der Waals surface area contributed by atoms with Crippen LogP contribution < -0.4 is 5.32 Å². The zero-order valence-electron chi connectivity index (χ0n) is 14.5. The highest BCUT2D eigenvalue weighted by Gasteiger charge is 2.15. The minimum atomic E-state index is -0.287. The summed E-state index contributed by atoms with van der Waals surface area (Å²) < 4.78 is 0. The van der Waals surface area contributed by atoms with Crippen LogP contribution in [0.3, 0.4) is 0 Å². The van der Waals surface area contributed by atoms with Crippen LogP contribution in [-0.4, -0.2) is 44.3 Å². The summed E-state index contributed by atoms with van der Waals surface area (Å²) in [5.41, 5.74) is 1.12. The van der Waals surface area contributed by atoms with Crippen molar-refractivity contribution < 1.29 is 9.59 Å². The van der Waals surface area contributed by atoms with Crippen molar-refractivity contribution in [3.8, 4) is 0 Å². The maximum absolute atomic E-state index is 12.0. The number of amides is 1. The summed E-state index contributed by atoms with van der Waals surface area (Å²) in [7, 11) is 4.02. The number of nitrogens with zero attached hydrogens (tertiary/aromatic N) is 1. The Bertz CT molecular complexity index is 677. The molecule has 24 heavy (non-hydrogen) atoms. The molecule has 0 aliphatic heterocycles. The third-order valence-electron chi connectivity index (χ3n) is 4.11. The van der Waals surface area contributed by atoms with Crippen molar-refractivity contribution in [3.63, 3.8) is 0 Å². The monoisotopic (exact) mass is 326 g/mol. The molecule has 0 aliphatic carbocycles. The molecule has 2 aromatic rings. The first kappa shape index (κ1) is 18.1. The molecule has 0 heterocycles. The molecule has 1 unspecified atom stereocenters. The van der Waals surface area contributed by atoms with Crippen LogP contribution in [0.15, 0.2) is 42.5 Å². The van der Waals surface area contributed by atoms with Crippen LogP contribution in [0.5, 0.6) is 0 Å². The Balaban J connectivity index is 1.91. The van der Waals surface area contributed by atoms with Crippen LogP contribution in [0.2, 0.25) is 0 Å². The van der Waals surface area contributed by atoms with Gasteiger partial charge in [0.2, 0.25) is 5.91 Å². The molecule has 4 heteroatoms. The summed E-state index contributed by atoms with van der Waals surface area (Å²) in [6, 6.07) is 14.2. The van der Waals surface area contributed by atoms with Gasteiger partial charge >= 0.3 is 0 Å². The van der Waals surface area contributed by atoms with Crippen molar-refractivity contribution in [2.75, 3.05) is 27.2 Å². The predicted octanol–water partition coefficient (Wildman–Crippen LogP) is 2.66. The molecule has 1 amide bonds. The molecule has 128 valence electrons. The van der Waals surface area contributed by atoms with Crippen molar-refractivity contribution in [1.29, 1.82) is 0 Å². The highest BCUT2D eigenvalue weighted by Crippen LogP contribution is 2.21. The number of carbonyl (C=O) groups is 2. The van der Waals surface area contributed by atoms with Gasteiger partial charge in [-0.2, -0.15) is 0 Å². The van der Waals surface area contributed by atoms with Crippen molar-refractivity contribution in [1.82, 2.24) is 10.2 Å². The SMILES string of the molecule is CN(C)CCCNC(=O)CC(C=O)Cc1cccc2ccccc12. The number of benzene rings is 2. The van der Waals surface area contributed by atoms with Crippen molar-refractivity contribution in [3.05, 3.63) is 48.0 Å². The number of rotatable bonds is 9. The summed E-state index contributed by atoms with van der Waals surface area (Å²) in [6.07, 6.45) is 2.65. The van der Waals surface area contributed by atoms with Crippen LogP contribution >= 0.6 is 0 Å². The van der Waals surface area contributed by atoms with E-state index in [0.717, 1.165) is 35.6 Å². The van der Waals surface area contributed by atoms with Gasteiger partial charge in [-0.05, 0) is 49.8 Å². The fourth-order valence-electron chi connectivity index (χ4n) is 2.85. The zero-order valence-corrected chi connectivity index (χ0v) is 14.5. The number of hydrogen-bond donors (Lipinski definition) is 1. The summed E-state index contributed by atoms with van der Waals surface area (Å²) in [5, 5.41) is 5.21. The Morgan fingerprint density at radius 1 is 1.17 bits per heavy atom. The quantitative estimate of drug-likeness (QED) is 0.569. The second-order valence-corrected chi connectivity index (χ2v) is 6.45. The molecule has 4 nitrogen and oxygen atoms in total. The van der Waals surface area contributed by atoms with Gasteiger partial charge < -0.3 is 15.0 Å². The van der Waals surface area contributed by atoms with Crippen LogP contribution in [-0.2, 0) is 16.0 Å². The molecule has 0 spiro atoms. The second kappa shape index (κ2) is 9.18. The van der Waals surface area contributed by atoms with Crippen LogP contribution in [0.25, 0.3) is 10.8 Å². The summed E-state index contributed by atoms with van der Waals surface area (Å²) in [4.78, 5) is 25.5. The molecular formula is C20H26N2O2. The number of aldehydes is 1. The lowest BCUT2D eigenvalue weighted by Gasteiger charge is -2.13. The third-order valence-corrected chi connectivity index (χ3v) is 4.11. The Kier molecular flexibility index (Phi) is 6.94. The van der Waals surface area contributed by atoms with Gasteiger partial charge in [-0.1, -0.05) is 42.5 Å². The highest BCUT2D eigenvalue weighted by atomic mass is 16.1. The van der Waals surface area contributed by atoms with Crippen LogP contribution in [0, 0.1) is 5.92 Å². The van der Waals surface area contributed by atoms with Gasteiger partial charge in [0.15, 0.2) is 0 Å². The molecular weight excluding hydrogens is 300 g/mol. The topological polar surface area (TPSA) is 49.4 Å². The second-order valence-electron chi connectivity index (χ2n) is 6.45. The lowest BCUT2D eigenvalue weighted by atomic mass is 9.93. The van der Waals surface area contributed by atoms with Crippen molar-refractivity contribution in [2.45, 2.75) is 19.3 Å². The molecule has 0 saturated heterocycles. The van der Waals surface area contributed by atoms with E-state index >= 15 is 0 Å². The smallest absolute Gasteiger partial charge is 0.220 e. The average molecular weight is 326 g/mol. The maximum Gasteiger partial charge on any atom is 0.220 e. The number of nitrogens with one attached hydrogen (secondary N) is 1. The van der Waals surface area contributed by atoms with Crippen molar-refractivity contribution in [2.24, 2.45) is 5.92 Å². The van der Waals surface area contributed by atoms with E-state index in [1.165, 1.54) is 0 Å². The molecule has 0 radical (unpaired) electrons. The zero-order chi connectivity index (χ0) is 17.4. The third kappa shape index (κ3) is 5.46. The van der Waals surface area contributed by atoms with Gasteiger partial charge in [0.1, 0.15) is 6.29 Å². The Morgan fingerprint density at radius 3 is 2.67 bits per heavy atom. The Morgan fingerprint density at radius 2 is 1.92 bits per heavy atom. The largest absolute Gasteiger partial charge is 0.356 e. The number of carbonyl (C=O) groups excluding carboxylic acids is 2. The van der Waals surface area contributed by atoms with Gasteiger partial charge in [0, 0.05) is 18.9 Å². The summed E-state index contributed by atoms with van der Waals surface area (Å²) in [6.45, 7) is 1.59. The minimum absolute atomic E-state index is 0.0499. The standard InChI is InChI=1S/C20H26N2O2/c1-22(2)12-6-11-21-20(24)14-16(15-23)13-18-9-5-8-17-7-3-4-10-19(17)18/h3-5,7-10,15-16H,6,11-14H2,1-2H3,(H,21,24).